The average molecular weight is 721 g/mol. The van der Waals surface area contributed by atoms with Gasteiger partial charge in [-0.25, -0.2) is 0 Å². The van der Waals surface area contributed by atoms with Gasteiger partial charge >= 0.3 is 0 Å². The predicted molar refractivity (Wildman–Crippen MR) is 205 cm³/mol. The van der Waals surface area contributed by atoms with Gasteiger partial charge in [0.2, 0.25) is 0 Å². The molecule has 0 unspecified atom stereocenters. The van der Waals surface area contributed by atoms with Crippen LogP contribution in [0.5, 0.6) is 0 Å². The molecule has 48 heavy (non-hydrogen) atoms. The Balaban J connectivity index is 0.000000152. The summed E-state index contributed by atoms with van der Waals surface area (Å²) in [5.74, 6) is 0. The number of aromatic amines is 2. The molecule has 2 aliphatic heterocycles. The van der Waals surface area contributed by atoms with E-state index in [1.165, 1.54) is 32.9 Å². The van der Waals surface area contributed by atoms with Crippen LogP contribution in [-0.4, -0.2) is 72.1 Å². The van der Waals surface area contributed by atoms with E-state index >= 15 is 0 Å². The Hall–Kier alpha value is -3.36. The van der Waals surface area contributed by atoms with Crippen LogP contribution in [0, 0.1) is 0 Å². The van der Waals surface area contributed by atoms with Gasteiger partial charge in [0.25, 0.3) is 0 Å². The van der Waals surface area contributed by atoms with E-state index in [1.807, 2.05) is 48.8 Å². The first kappa shape index (κ1) is 33.2. The van der Waals surface area contributed by atoms with Crippen molar-refractivity contribution in [2.75, 3.05) is 62.2 Å². The summed E-state index contributed by atoms with van der Waals surface area (Å²) < 4.78 is 0. The molecule has 0 radical (unpaired) electrons. The minimum absolute atomic E-state index is 0.610. The van der Waals surface area contributed by atoms with Crippen LogP contribution < -0.4 is 9.80 Å². The van der Waals surface area contributed by atoms with Gasteiger partial charge in [0.15, 0.2) is 0 Å². The van der Waals surface area contributed by atoms with E-state index in [-0.39, 0.29) is 0 Å². The Labute approximate surface area is 301 Å². The highest BCUT2D eigenvalue weighted by atomic mass is 35.5. The maximum atomic E-state index is 6.35. The number of anilines is 2. The Kier molecular flexibility index (Phi) is 10.4. The number of hydrogen-bond donors (Lipinski definition) is 2. The maximum Gasteiger partial charge on any atom is 0.0825 e. The number of nitrogens with one attached hydrogen (secondary N) is 2. The summed E-state index contributed by atoms with van der Waals surface area (Å²) in [6.07, 6.45) is 3.98. The zero-order valence-electron chi connectivity index (χ0n) is 26.6. The standard InChI is InChI=1S/2C19H19Cl2N3/c20-17-3-2-16(12-18(17)21)24-9-7-23(8-10-24)13-14-1-4-19-15(11-14)5-6-22-19;20-16-2-1-3-18(19(16)21)24-10-8-23(9-11-24)13-14-4-5-17-15(12-14)6-7-22-17/h1-6,11-12,22H,7-10,13H2;1-7,12,22H,8-11,13H2. The fourth-order valence-corrected chi connectivity index (χ4v) is 7.36. The SMILES string of the molecule is Clc1ccc(N2CCN(Cc3ccc4[nH]ccc4c3)CC2)cc1Cl.Clc1cccc(N2CCN(Cc3ccc4[nH]ccc4c3)CC2)c1Cl. The number of nitrogens with zero attached hydrogens (tertiary/aromatic N) is 4. The Morgan fingerprint density at radius 2 is 1.06 bits per heavy atom. The highest BCUT2D eigenvalue weighted by Gasteiger charge is 2.20. The number of fused-ring (bicyclic) bond motifs is 2. The third-order valence-electron chi connectivity index (χ3n) is 9.33. The largest absolute Gasteiger partial charge is 0.369 e. The van der Waals surface area contributed by atoms with Gasteiger partial charge in [-0.3, -0.25) is 9.80 Å². The molecule has 4 heterocycles. The van der Waals surface area contributed by atoms with Crippen molar-refractivity contribution in [3.05, 3.63) is 129 Å². The van der Waals surface area contributed by atoms with E-state index < -0.39 is 0 Å². The van der Waals surface area contributed by atoms with Crippen molar-refractivity contribution >= 4 is 79.6 Å². The van der Waals surface area contributed by atoms with Gasteiger partial charge in [0, 0.05) is 94.6 Å². The molecule has 2 N–H and O–H groups in total. The first-order valence-corrected chi connectivity index (χ1v) is 17.9. The molecule has 2 fully saturated rings. The van der Waals surface area contributed by atoms with Gasteiger partial charge in [0.1, 0.15) is 0 Å². The number of hydrogen-bond acceptors (Lipinski definition) is 4. The molecule has 248 valence electrons. The molecule has 2 aliphatic rings. The van der Waals surface area contributed by atoms with Crippen molar-refractivity contribution in [1.29, 1.82) is 0 Å². The van der Waals surface area contributed by atoms with Crippen LogP contribution in [0.4, 0.5) is 11.4 Å². The summed E-state index contributed by atoms with van der Waals surface area (Å²) in [6.45, 7) is 10.1. The molecular formula is C38H38Cl4N6. The summed E-state index contributed by atoms with van der Waals surface area (Å²) in [5.41, 5.74) is 7.30. The Bertz CT molecular complexity index is 1990. The van der Waals surface area contributed by atoms with Crippen LogP contribution in [0.2, 0.25) is 20.1 Å². The van der Waals surface area contributed by atoms with E-state index in [4.69, 9.17) is 46.4 Å². The molecule has 0 saturated carbocycles. The summed E-state index contributed by atoms with van der Waals surface area (Å²) in [4.78, 5) is 16.2. The molecule has 4 aromatic carbocycles. The quantitative estimate of drug-likeness (QED) is 0.180. The minimum Gasteiger partial charge on any atom is -0.369 e. The number of halogens is 4. The van der Waals surface area contributed by atoms with E-state index in [2.05, 4.69) is 78.1 Å². The highest BCUT2D eigenvalue weighted by molar-refractivity contribution is 6.43. The smallest absolute Gasteiger partial charge is 0.0825 e. The molecule has 0 aliphatic carbocycles. The number of H-pyrrole nitrogens is 2. The third kappa shape index (κ3) is 7.76. The number of aromatic nitrogens is 2. The van der Waals surface area contributed by atoms with Crippen LogP contribution in [0.25, 0.3) is 21.8 Å². The molecule has 6 aromatic rings. The summed E-state index contributed by atoms with van der Waals surface area (Å²) in [5, 5.41) is 5.07. The molecule has 6 nitrogen and oxygen atoms in total. The second kappa shape index (κ2) is 15.0. The van der Waals surface area contributed by atoms with Crippen LogP contribution in [-0.2, 0) is 13.1 Å². The van der Waals surface area contributed by atoms with Gasteiger partial charge in [-0.2, -0.15) is 0 Å². The fraction of sp³-hybridized carbons (Fsp3) is 0.263. The lowest BCUT2D eigenvalue weighted by atomic mass is 10.1. The van der Waals surface area contributed by atoms with Gasteiger partial charge < -0.3 is 19.8 Å². The van der Waals surface area contributed by atoms with E-state index in [1.54, 1.807) is 0 Å². The van der Waals surface area contributed by atoms with Crippen molar-refractivity contribution in [2.24, 2.45) is 0 Å². The molecule has 2 aromatic heterocycles. The maximum absolute atomic E-state index is 6.35. The lowest BCUT2D eigenvalue weighted by Gasteiger charge is -2.36. The first-order chi connectivity index (χ1) is 23.4. The molecule has 2 saturated heterocycles. The normalized spacial score (nSPS) is 16.0. The second-order valence-electron chi connectivity index (χ2n) is 12.5. The van der Waals surface area contributed by atoms with Crippen molar-refractivity contribution in [3.63, 3.8) is 0 Å². The number of piperazine rings is 2. The third-order valence-corrected chi connectivity index (χ3v) is 10.9. The monoisotopic (exact) mass is 718 g/mol. The number of rotatable bonds is 6. The van der Waals surface area contributed by atoms with Gasteiger partial charge in [-0.1, -0.05) is 64.6 Å². The van der Waals surface area contributed by atoms with Gasteiger partial charge in [-0.15, -0.1) is 0 Å². The first-order valence-electron chi connectivity index (χ1n) is 16.4. The highest BCUT2D eigenvalue weighted by Crippen LogP contribution is 2.33. The molecular weight excluding hydrogens is 682 g/mol. The lowest BCUT2D eigenvalue weighted by Crippen LogP contribution is -2.46. The van der Waals surface area contributed by atoms with Crippen LogP contribution in [0.1, 0.15) is 11.1 Å². The molecule has 0 spiro atoms. The van der Waals surface area contributed by atoms with Crippen LogP contribution in [0.3, 0.4) is 0 Å². The van der Waals surface area contributed by atoms with Gasteiger partial charge in [-0.05, 0) is 88.6 Å². The van der Waals surface area contributed by atoms with Crippen molar-refractivity contribution in [1.82, 2.24) is 19.8 Å². The molecule has 0 atom stereocenters. The van der Waals surface area contributed by atoms with Crippen LogP contribution in [0.15, 0.2) is 97.3 Å². The summed E-state index contributed by atoms with van der Waals surface area (Å²) in [6, 6.07) is 29.3. The van der Waals surface area contributed by atoms with Crippen molar-refractivity contribution in [2.45, 2.75) is 13.1 Å². The Morgan fingerprint density at radius 1 is 0.500 bits per heavy atom. The molecule has 10 heteroatoms. The van der Waals surface area contributed by atoms with Gasteiger partial charge in [0.05, 0.1) is 25.8 Å². The number of benzene rings is 4. The lowest BCUT2D eigenvalue weighted by molar-refractivity contribution is 0.250. The molecule has 0 amide bonds. The fourth-order valence-electron chi connectivity index (χ4n) is 6.65. The van der Waals surface area contributed by atoms with E-state index in [0.29, 0.717) is 20.1 Å². The Morgan fingerprint density at radius 3 is 1.62 bits per heavy atom. The zero-order chi connectivity index (χ0) is 33.0. The average Bonchev–Trinajstić information content (AvgIpc) is 3.78. The predicted octanol–water partition coefficient (Wildman–Crippen LogP) is 9.59. The zero-order valence-corrected chi connectivity index (χ0v) is 29.6. The topological polar surface area (TPSA) is 44.5 Å². The second-order valence-corrected chi connectivity index (χ2v) is 14.1. The van der Waals surface area contributed by atoms with E-state index in [9.17, 15) is 0 Å². The van der Waals surface area contributed by atoms with E-state index in [0.717, 1.165) is 76.8 Å². The minimum atomic E-state index is 0.610. The van der Waals surface area contributed by atoms with Crippen molar-refractivity contribution < 1.29 is 0 Å². The molecule has 8 rings (SSSR count). The molecule has 0 bridgehead atoms. The van der Waals surface area contributed by atoms with Crippen LogP contribution >= 0.6 is 46.4 Å². The summed E-state index contributed by atoms with van der Waals surface area (Å²) >= 11 is 24.6. The summed E-state index contributed by atoms with van der Waals surface area (Å²) in [7, 11) is 0. The van der Waals surface area contributed by atoms with Crippen molar-refractivity contribution in [3.8, 4) is 0 Å².